The van der Waals surface area contributed by atoms with Gasteiger partial charge in [-0.25, -0.2) is 0 Å². The van der Waals surface area contributed by atoms with Gasteiger partial charge in [0.25, 0.3) is 0 Å². The molecule has 1 aromatic carbocycles. The van der Waals surface area contributed by atoms with E-state index in [0.29, 0.717) is 6.04 Å². The molecule has 60 valence electrons. The van der Waals surface area contributed by atoms with Gasteiger partial charge in [0.15, 0.2) is 6.19 Å². The first-order valence-electron chi connectivity index (χ1n) is 4.10. The van der Waals surface area contributed by atoms with Crippen LogP contribution in [-0.2, 0) is 6.42 Å². The SMILES string of the molecule is CC1Cc2ccccc2N1C#N. The van der Waals surface area contributed by atoms with Gasteiger partial charge >= 0.3 is 0 Å². The molecule has 12 heavy (non-hydrogen) atoms. The normalized spacial score (nSPS) is 20.3. The summed E-state index contributed by atoms with van der Waals surface area (Å²) < 4.78 is 0. The maximum atomic E-state index is 8.86. The van der Waals surface area contributed by atoms with Gasteiger partial charge in [-0.3, -0.25) is 4.90 Å². The number of nitriles is 1. The van der Waals surface area contributed by atoms with Crippen molar-refractivity contribution in [3.8, 4) is 6.19 Å². The molecule has 2 heteroatoms. The van der Waals surface area contributed by atoms with Crippen LogP contribution in [0.1, 0.15) is 12.5 Å². The summed E-state index contributed by atoms with van der Waals surface area (Å²) in [5.41, 5.74) is 2.36. The first-order valence-corrected chi connectivity index (χ1v) is 4.10. The minimum Gasteiger partial charge on any atom is -0.276 e. The highest BCUT2D eigenvalue weighted by Crippen LogP contribution is 2.30. The summed E-state index contributed by atoms with van der Waals surface area (Å²) in [5, 5.41) is 8.86. The van der Waals surface area contributed by atoms with Crippen molar-refractivity contribution in [2.45, 2.75) is 19.4 Å². The van der Waals surface area contributed by atoms with E-state index in [2.05, 4.69) is 19.2 Å². The van der Waals surface area contributed by atoms with Gasteiger partial charge in [0.1, 0.15) is 0 Å². The Labute approximate surface area is 72.0 Å². The number of benzene rings is 1. The van der Waals surface area contributed by atoms with E-state index in [4.69, 9.17) is 5.26 Å². The van der Waals surface area contributed by atoms with E-state index >= 15 is 0 Å². The highest BCUT2D eigenvalue weighted by molar-refractivity contribution is 5.62. The second kappa shape index (κ2) is 2.53. The van der Waals surface area contributed by atoms with Crippen molar-refractivity contribution >= 4 is 5.69 Å². The summed E-state index contributed by atoms with van der Waals surface area (Å²) in [6, 6.07) is 8.41. The molecule has 1 atom stereocenters. The van der Waals surface area contributed by atoms with Gasteiger partial charge in [0.2, 0.25) is 0 Å². The van der Waals surface area contributed by atoms with Crippen molar-refractivity contribution in [1.29, 1.82) is 5.26 Å². The van der Waals surface area contributed by atoms with Crippen LogP contribution >= 0.6 is 0 Å². The molecule has 0 aromatic heterocycles. The first-order chi connectivity index (χ1) is 5.83. The van der Waals surface area contributed by atoms with Gasteiger partial charge in [-0.2, -0.15) is 5.26 Å². The van der Waals surface area contributed by atoms with Crippen LogP contribution in [-0.4, -0.2) is 6.04 Å². The summed E-state index contributed by atoms with van der Waals surface area (Å²) in [6.07, 6.45) is 3.19. The molecule has 0 bridgehead atoms. The zero-order chi connectivity index (χ0) is 8.55. The third kappa shape index (κ3) is 0.868. The van der Waals surface area contributed by atoms with E-state index in [0.717, 1.165) is 12.1 Å². The maximum absolute atomic E-state index is 8.86. The predicted octanol–water partition coefficient (Wildman–Crippen LogP) is 1.92. The van der Waals surface area contributed by atoms with E-state index in [1.54, 1.807) is 4.90 Å². The number of rotatable bonds is 0. The molecule has 0 fully saturated rings. The fourth-order valence-electron chi connectivity index (χ4n) is 1.72. The summed E-state index contributed by atoms with van der Waals surface area (Å²) in [5.74, 6) is 0. The molecule has 0 amide bonds. The Morgan fingerprint density at radius 3 is 3.00 bits per heavy atom. The number of hydrogen-bond acceptors (Lipinski definition) is 2. The number of nitrogens with zero attached hydrogens (tertiary/aromatic N) is 2. The molecule has 0 aliphatic carbocycles. The Morgan fingerprint density at radius 2 is 2.25 bits per heavy atom. The van der Waals surface area contributed by atoms with Crippen LogP contribution in [0.4, 0.5) is 5.69 Å². The minimum absolute atomic E-state index is 0.326. The van der Waals surface area contributed by atoms with E-state index in [1.807, 2.05) is 18.2 Å². The summed E-state index contributed by atoms with van der Waals surface area (Å²) in [4.78, 5) is 1.77. The molecule has 0 spiro atoms. The van der Waals surface area contributed by atoms with Crippen LogP contribution in [0.25, 0.3) is 0 Å². The average molecular weight is 158 g/mol. The quantitative estimate of drug-likeness (QED) is 0.539. The number of para-hydroxylation sites is 1. The van der Waals surface area contributed by atoms with Crippen molar-refractivity contribution in [2.24, 2.45) is 0 Å². The molecule has 0 saturated carbocycles. The van der Waals surface area contributed by atoms with Crippen LogP contribution in [0.15, 0.2) is 24.3 Å². The molecule has 1 aliphatic heterocycles. The first kappa shape index (κ1) is 7.17. The largest absolute Gasteiger partial charge is 0.276 e. The van der Waals surface area contributed by atoms with Crippen molar-refractivity contribution in [1.82, 2.24) is 0 Å². The topological polar surface area (TPSA) is 27.0 Å². The zero-order valence-corrected chi connectivity index (χ0v) is 6.99. The number of anilines is 1. The third-order valence-corrected chi connectivity index (χ3v) is 2.31. The smallest absolute Gasteiger partial charge is 0.184 e. The van der Waals surface area contributed by atoms with E-state index in [9.17, 15) is 0 Å². The van der Waals surface area contributed by atoms with E-state index in [1.165, 1.54) is 5.56 Å². The minimum atomic E-state index is 0.326. The maximum Gasteiger partial charge on any atom is 0.184 e. The molecular formula is C10H10N2. The zero-order valence-electron chi connectivity index (χ0n) is 6.99. The summed E-state index contributed by atoms with van der Waals surface area (Å²) in [7, 11) is 0. The Kier molecular flexibility index (Phi) is 1.51. The average Bonchev–Trinajstić information content (AvgIpc) is 2.40. The molecule has 1 heterocycles. The van der Waals surface area contributed by atoms with Gasteiger partial charge < -0.3 is 0 Å². The molecule has 2 rings (SSSR count). The van der Waals surface area contributed by atoms with Crippen LogP contribution in [0.2, 0.25) is 0 Å². The fourth-order valence-corrected chi connectivity index (χ4v) is 1.72. The molecule has 0 N–H and O–H groups in total. The van der Waals surface area contributed by atoms with Crippen LogP contribution in [0.5, 0.6) is 0 Å². The van der Waals surface area contributed by atoms with E-state index in [-0.39, 0.29) is 0 Å². The van der Waals surface area contributed by atoms with E-state index < -0.39 is 0 Å². The molecule has 1 aromatic rings. The molecule has 2 nitrogen and oxygen atoms in total. The van der Waals surface area contributed by atoms with Crippen LogP contribution in [0.3, 0.4) is 0 Å². The Hall–Kier alpha value is -1.49. The summed E-state index contributed by atoms with van der Waals surface area (Å²) in [6.45, 7) is 2.07. The molecule has 0 radical (unpaired) electrons. The molecule has 0 saturated heterocycles. The predicted molar refractivity (Wildman–Crippen MR) is 47.7 cm³/mol. The van der Waals surface area contributed by atoms with Crippen LogP contribution in [0, 0.1) is 11.5 Å². The Morgan fingerprint density at radius 1 is 1.50 bits per heavy atom. The van der Waals surface area contributed by atoms with Gasteiger partial charge in [-0.15, -0.1) is 0 Å². The molecule has 1 aliphatic rings. The Balaban J connectivity index is 2.49. The molecular weight excluding hydrogens is 148 g/mol. The van der Waals surface area contributed by atoms with Crippen molar-refractivity contribution < 1.29 is 0 Å². The monoisotopic (exact) mass is 158 g/mol. The standard InChI is InChI=1S/C10H10N2/c1-8-6-9-4-2-3-5-10(9)12(8)7-11/h2-5,8H,6H2,1H3. The number of fused-ring (bicyclic) bond motifs is 1. The van der Waals surface area contributed by atoms with Gasteiger partial charge in [-0.1, -0.05) is 18.2 Å². The van der Waals surface area contributed by atoms with Crippen molar-refractivity contribution in [3.05, 3.63) is 29.8 Å². The van der Waals surface area contributed by atoms with Crippen molar-refractivity contribution in [2.75, 3.05) is 4.90 Å². The lowest BCUT2D eigenvalue weighted by Crippen LogP contribution is -2.23. The van der Waals surface area contributed by atoms with Gasteiger partial charge in [0, 0.05) is 6.04 Å². The van der Waals surface area contributed by atoms with Gasteiger partial charge in [-0.05, 0) is 25.0 Å². The van der Waals surface area contributed by atoms with Crippen molar-refractivity contribution in [3.63, 3.8) is 0 Å². The summed E-state index contributed by atoms with van der Waals surface area (Å²) >= 11 is 0. The third-order valence-electron chi connectivity index (χ3n) is 2.31. The lowest BCUT2D eigenvalue weighted by Gasteiger charge is -2.13. The highest BCUT2D eigenvalue weighted by Gasteiger charge is 2.24. The highest BCUT2D eigenvalue weighted by atomic mass is 15.2. The Bertz CT molecular complexity index is 338. The van der Waals surface area contributed by atoms with Gasteiger partial charge in [0.05, 0.1) is 5.69 Å². The molecule has 1 unspecified atom stereocenters. The lowest BCUT2D eigenvalue weighted by atomic mass is 10.1. The fraction of sp³-hybridized carbons (Fsp3) is 0.300. The van der Waals surface area contributed by atoms with Crippen LogP contribution < -0.4 is 4.90 Å². The second-order valence-electron chi connectivity index (χ2n) is 3.15. The number of hydrogen-bond donors (Lipinski definition) is 0. The second-order valence-corrected chi connectivity index (χ2v) is 3.15. The lowest BCUT2D eigenvalue weighted by molar-refractivity contribution is 0.760.